The van der Waals surface area contributed by atoms with Gasteiger partial charge >= 0.3 is 5.97 Å². The summed E-state index contributed by atoms with van der Waals surface area (Å²) < 4.78 is 26.4. The number of nitrogen functional groups attached to an aromatic ring is 1. The largest absolute Gasteiger partial charge is 0.478 e. The number of rotatable bonds is 5. The van der Waals surface area contributed by atoms with E-state index < -0.39 is 16.0 Å². The van der Waals surface area contributed by atoms with Gasteiger partial charge in [-0.3, -0.25) is 0 Å². The number of carboxylic acid groups (broad SMARTS) is 1. The molecule has 8 nitrogen and oxygen atoms in total. The quantitative estimate of drug-likeness (QED) is 0.580. The molecule has 2 aromatic rings. The summed E-state index contributed by atoms with van der Waals surface area (Å²) in [6, 6.07) is 3.44. The number of hydrogen-bond donors (Lipinski definition) is 4. The van der Waals surface area contributed by atoms with Gasteiger partial charge < -0.3 is 15.8 Å². The molecule has 0 bridgehead atoms. The fraction of sp³-hybridized carbons (Fsp3) is 0.0909. The third kappa shape index (κ3) is 2.95. The third-order valence-electron chi connectivity index (χ3n) is 2.53. The summed E-state index contributed by atoms with van der Waals surface area (Å²) in [7, 11) is -3.84. The normalized spacial score (nSPS) is 11.4. The Kier molecular flexibility index (Phi) is 3.72. The van der Waals surface area contributed by atoms with E-state index in [9.17, 15) is 13.2 Å². The molecule has 1 aromatic heterocycles. The first-order valence-corrected chi connectivity index (χ1v) is 6.99. The van der Waals surface area contributed by atoms with Crippen molar-refractivity contribution < 1.29 is 18.3 Å². The first kappa shape index (κ1) is 14.0. The Bertz CT molecular complexity index is 725. The van der Waals surface area contributed by atoms with Gasteiger partial charge in [0.25, 0.3) is 0 Å². The van der Waals surface area contributed by atoms with Crippen LogP contribution in [0.2, 0.25) is 0 Å². The third-order valence-corrected chi connectivity index (χ3v) is 4.01. The Morgan fingerprint density at radius 1 is 1.45 bits per heavy atom. The molecule has 0 saturated carbocycles. The van der Waals surface area contributed by atoms with Gasteiger partial charge in [-0.25, -0.2) is 22.9 Å². The number of nitrogens with two attached hydrogens (primary N) is 1. The summed E-state index contributed by atoms with van der Waals surface area (Å²) in [5, 5.41) is 8.80. The van der Waals surface area contributed by atoms with E-state index >= 15 is 0 Å². The molecule has 0 radical (unpaired) electrons. The molecule has 9 heteroatoms. The lowest BCUT2D eigenvalue weighted by Gasteiger charge is -2.08. The standard InChI is InChI=1S/C11H12N4O4S/c12-8-5-7(11(16)17)1-2-9(8)20(18,19)15-6-10-13-3-4-14-10/h1-5,15H,6,12H2,(H,13,14)(H,16,17). The minimum Gasteiger partial charge on any atom is -0.478 e. The van der Waals surface area contributed by atoms with Gasteiger partial charge in [0.15, 0.2) is 0 Å². The number of nitrogens with zero attached hydrogens (tertiary/aromatic N) is 1. The molecule has 2 rings (SSSR count). The Labute approximate surface area is 114 Å². The van der Waals surface area contributed by atoms with Crippen molar-refractivity contribution in [3.8, 4) is 0 Å². The molecule has 0 aliphatic carbocycles. The molecule has 0 amide bonds. The highest BCUT2D eigenvalue weighted by Gasteiger charge is 2.18. The average molecular weight is 296 g/mol. The Hall–Kier alpha value is -2.39. The van der Waals surface area contributed by atoms with Crippen molar-refractivity contribution in [2.75, 3.05) is 5.73 Å². The number of carboxylic acids is 1. The topological polar surface area (TPSA) is 138 Å². The Balaban J connectivity index is 2.23. The van der Waals surface area contributed by atoms with Crippen LogP contribution in [0.15, 0.2) is 35.5 Å². The lowest BCUT2D eigenvalue weighted by molar-refractivity contribution is 0.0697. The SMILES string of the molecule is Nc1cc(C(=O)O)ccc1S(=O)(=O)NCc1ncc[nH]1. The molecular weight excluding hydrogens is 284 g/mol. The molecule has 5 N–H and O–H groups in total. The molecule has 0 fully saturated rings. The number of aromatic amines is 1. The van der Waals surface area contributed by atoms with Crippen LogP contribution in [-0.4, -0.2) is 29.5 Å². The molecular formula is C11H12N4O4S. The number of H-pyrrole nitrogens is 1. The number of carbonyl (C=O) groups is 1. The van der Waals surface area contributed by atoms with Crippen LogP contribution in [0.1, 0.15) is 16.2 Å². The molecule has 0 aliphatic heterocycles. The predicted molar refractivity (Wildman–Crippen MR) is 70.4 cm³/mol. The van der Waals surface area contributed by atoms with Crippen LogP contribution in [0.25, 0.3) is 0 Å². The molecule has 0 saturated heterocycles. The molecule has 0 aliphatic rings. The van der Waals surface area contributed by atoms with Crippen molar-refractivity contribution in [3.63, 3.8) is 0 Å². The second-order valence-corrected chi connectivity index (χ2v) is 5.65. The molecule has 0 unspecified atom stereocenters. The van der Waals surface area contributed by atoms with Gasteiger partial charge in [-0.2, -0.15) is 0 Å². The summed E-state index contributed by atoms with van der Waals surface area (Å²) in [5.74, 6) is -0.724. The van der Waals surface area contributed by atoms with Crippen LogP contribution < -0.4 is 10.5 Å². The molecule has 1 heterocycles. The minimum absolute atomic E-state index is 0.0184. The van der Waals surface area contributed by atoms with E-state index in [1.807, 2.05) is 0 Å². The summed E-state index contributed by atoms with van der Waals surface area (Å²) >= 11 is 0. The predicted octanol–water partition coefficient (Wildman–Crippen LogP) is 0.169. The molecule has 1 aromatic carbocycles. The zero-order chi connectivity index (χ0) is 14.8. The molecule has 0 atom stereocenters. The van der Waals surface area contributed by atoms with Crippen molar-refractivity contribution in [1.29, 1.82) is 0 Å². The maximum absolute atomic E-state index is 12.0. The monoisotopic (exact) mass is 296 g/mol. The van der Waals surface area contributed by atoms with Gasteiger partial charge in [0.2, 0.25) is 10.0 Å². The number of benzene rings is 1. The van der Waals surface area contributed by atoms with Crippen molar-refractivity contribution in [3.05, 3.63) is 42.0 Å². The molecule has 0 spiro atoms. The van der Waals surface area contributed by atoms with E-state index in [0.29, 0.717) is 5.82 Å². The summed E-state index contributed by atoms with van der Waals surface area (Å²) in [6.07, 6.45) is 3.07. The summed E-state index contributed by atoms with van der Waals surface area (Å²) in [4.78, 5) is 17.2. The van der Waals surface area contributed by atoms with Crippen molar-refractivity contribution in [2.45, 2.75) is 11.4 Å². The Morgan fingerprint density at radius 3 is 2.75 bits per heavy atom. The van der Waals surface area contributed by atoms with Gasteiger partial charge in [0.1, 0.15) is 10.7 Å². The summed E-state index contributed by atoms with van der Waals surface area (Å²) in [6.45, 7) is -0.0184. The smallest absolute Gasteiger partial charge is 0.335 e. The molecule has 20 heavy (non-hydrogen) atoms. The highest BCUT2D eigenvalue weighted by molar-refractivity contribution is 7.89. The van der Waals surface area contributed by atoms with Gasteiger partial charge in [0, 0.05) is 12.4 Å². The zero-order valence-corrected chi connectivity index (χ0v) is 11.0. The van der Waals surface area contributed by atoms with Gasteiger partial charge in [-0.15, -0.1) is 0 Å². The number of aromatic carboxylic acids is 1. The van der Waals surface area contributed by atoms with Gasteiger partial charge in [0.05, 0.1) is 17.8 Å². The lowest BCUT2D eigenvalue weighted by Crippen LogP contribution is -2.24. The highest BCUT2D eigenvalue weighted by atomic mass is 32.2. The van der Waals surface area contributed by atoms with Crippen LogP contribution in [0.3, 0.4) is 0 Å². The van der Waals surface area contributed by atoms with E-state index in [-0.39, 0.29) is 22.7 Å². The maximum atomic E-state index is 12.0. The number of imidazole rings is 1. The zero-order valence-electron chi connectivity index (χ0n) is 10.2. The number of anilines is 1. The van der Waals surface area contributed by atoms with Crippen molar-refractivity contribution >= 4 is 21.7 Å². The fourth-order valence-electron chi connectivity index (χ4n) is 1.56. The van der Waals surface area contributed by atoms with Gasteiger partial charge in [-0.1, -0.05) is 0 Å². The average Bonchev–Trinajstić information content (AvgIpc) is 2.89. The Morgan fingerprint density at radius 2 is 2.20 bits per heavy atom. The van der Waals surface area contributed by atoms with Crippen LogP contribution in [0.4, 0.5) is 5.69 Å². The fourth-order valence-corrected chi connectivity index (χ4v) is 2.66. The lowest BCUT2D eigenvalue weighted by atomic mass is 10.2. The van der Waals surface area contributed by atoms with Crippen LogP contribution >= 0.6 is 0 Å². The van der Waals surface area contributed by atoms with E-state index in [0.717, 1.165) is 12.1 Å². The number of nitrogens with one attached hydrogen (secondary N) is 2. The molecule has 106 valence electrons. The van der Waals surface area contributed by atoms with Crippen LogP contribution in [0.5, 0.6) is 0 Å². The maximum Gasteiger partial charge on any atom is 0.335 e. The first-order chi connectivity index (χ1) is 9.40. The minimum atomic E-state index is -3.84. The van der Waals surface area contributed by atoms with Crippen molar-refractivity contribution in [1.82, 2.24) is 14.7 Å². The second kappa shape index (κ2) is 5.31. The number of aromatic nitrogens is 2. The second-order valence-electron chi connectivity index (χ2n) is 3.92. The summed E-state index contributed by atoms with van der Waals surface area (Å²) in [5.41, 5.74) is 5.38. The highest BCUT2D eigenvalue weighted by Crippen LogP contribution is 2.19. The van der Waals surface area contributed by atoms with Crippen molar-refractivity contribution in [2.24, 2.45) is 0 Å². The van der Waals surface area contributed by atoms with E-state index in [1.165, 1.54) is 12.3 Å². The van der Waals surface area contributed by atoms with Gasteiger partial charge in [-0.05, 0) is 18.2 Å². The van der Waals surface area contributed by atoms with E-state index in [2.05, 4.69) is 14.7 Å². The van der Waals surface area contributed by atoms with E-state index in [1.54, 1.807) is 6.20 Å². The van der Waals surface area contributed by atoms with Crippen LogP contribution in [0, 0.1) is 0 Å². The van der Waals surface area contributed by atoms with Crippen LogP contribution in [-0.2, 0) is 16.6 Å². The number of hydrogen-bond acceptors (Lipinski definition) is 5. The van der Waals surface area contributed by atoms with E-state index in [4.69, 9.17) is 10.8 Å². The number of sulfonamides is 1. The first-order valence-electron chi connectivity index (χ1n) is 5.51.